The molecule has 32 heavy (non-hydrogen) atoms. The number of hydrogen-bond acceptors (Lipinski definition) is 4. The highest BCUT2D eigenvalue weighted by atomic mass is 79.9. The molecule has 156 valence electrons. The number of nitrogens with zero attached hydrogens (tertiary/aromatic N) is 1. The standard InChI is InChI=1S/C26H16BrNO4/c27-17-10-11-25(31-15-29)21(12-17)22-13-24-20(14-26(22)32-16-30)19-8-4-5-9-23(19)28(24)18-6-2-1-3-7-18/h1-16H. The highest BCUT2D eigenvalue weighted by molar-refractivity contribution is 9.10. The van der Waals surface area contributed by atoms with Gasteiger partial charge in [-0.25, -0.2) is 0 Å². The zero-order chi connectivity index (χ0) is 22.1. The van der Waals surface area contributed by atoms with Gasteiger partial charge >= 0.3 is 0 Å². The molecule has 0 saturated carbocycles. The summed E-state index contributed by atoms with van der Waals surface area (Å²) in [4.78, 5) is 22.4. The highest BCUT2D eigenvalue weighted by Crippen LogP contribution is 2.43. The van der Waals surface area contributed by atoms with Crippen LogP contribution >= 0.6 is 15.9 Å². The van der Waals surface area contributed by atoms with Crippen LogP contribution in [0.2, 0.25) is 0 Å². The molecule has 0 aliphatic rings. The maximum Gasteiger partial charge on any atom is 0.298 e. The molecule has 0 unspecified atom stereocenters. The van der Waals surface area contributed by atoms with Crippen LogP contribution < -0.4 is 9.47 Å². The van der Waals surface area contributed by atoms with Crippen molar-refractivity contribution in [3.63, 3.8) is 0 Å². The van der Waals surface area contributed by atoms with Crippen molar-refractivity contribution in [1.29, 1.82) is 0 Å². The van der Waals surface area contributed by atoms with E-state index >= 15 is 0 Å². The van der Waals surface area contributed by atoms with Gasteiger partial charge in [-0.2, -0.15) is 0 Å². The van der Waals surface area contributed by atoms with Gasteiger partial charge in [0.05, 0.1) is 11.0 Å². The van der Waals surface area contributed by atoms with Crippen molar-refractivity contribution >= 4 is 50.7 Å². The first-order chi connectivity index (χ1) is 15.7. The Labute approximate surface area is 191 Å². The van der Waals surface area contributed by atoms with Gasteiger partial charge in [-0.15, -0.1) is 0 Å². The van der Waals surface area contributed by atoms with Gasteiger partial charge in [0.2, 0.25) is 0 Å². The topological polar surface area (TPSA) is 57.5 Å². The van der Waals surface area contributed by atoms with Gasteiger partial charge in [0.25, 0.3) is 12.9 Å². The Kier molecular flexibility index (Phi) is 5.21. The van der Waals surface area contributed by atoms with E-state index in [0.29, 0.717) is 35.6 Å². The Balaban J connectivity index is 1.91. The third-order valence-corrected chi connectivity index (χ3v) is 5.86. The van der Waals surface area contributed by atoms with E-state index < -0.39 is 0 Å². The van der Waals surface area contributed by atoms with E-state index in [0.717, 1.165) is 32.0 Å². The molecule has 4 aromatic carbocycles. The minimum absolute atomic E-state index is 0.362. The molecule has 5 aromatic rings. The Morgan fingerprint density at radius 3 is 2.12 bits per heavy atom. The summed E-state index contributed by atoms with van der Waals surface area (Å²) in [6.45, 7) is 0.784. The molecule has 0 aliphatic carbocycles. The minimum Gasteiger partial charge on any atom is -0.428 e. The summed E-state index contributed by atoms with van der Waals surface area (Å²) < 4.78 is 13.6. The van der Waals surface area contributed by atoms with E-state index in [9.17, 15) is 9.59 Å². The van der Waals surface area contributed by atoms with Crippen molar-refractivity contribution in [2.75, 3.05) is 0 Å². The smallest absolute Gasteiger partial charge is 0.298 e. The largest absolute Gasteiger partial charge is 0.428 e. The highest BCUT2D eigenvalue weighted by Gasteiger charge is 2.19. The van der Waals surface area contributed by atoms with Crippen molar-refractivity contribution in [2.24, 2.45) is 0 Å². The summed E-state index contributed by atoms with van der Waals surface area (Å²) in [6.07, 6.45) is 0. The zero-order valence-corrected chi connectivity index (χ0v) is 18.3. The lowest BCUT2D eigenvalue weighted by molar-refractivity contribution is -0.121. The first kappa shape index (κ1) is 20.0. The molecular weight excluding hydrogens is 470 g/mol. The average molecular weight is 486 g/mol. The molecule has 6 heteroatoms. The van der Waals surface area contributed by atoms with Crippen LogP contribution in [0.1, 0.15) is 0 Å². The van der Waals surface area contributed by atoms with Crippen molar-refractivity contribution in [3.05, 3.63) is 89.4 Å². The minimum atomic E-state index is 0.362. The van der Waals surface area contributed by atoms with E-state index in [1.165, 1.54) is 0 Å². The Morgan fingerprint density at radius 2 is 1.34 bits per heavy atom. The number of ether oxygens (including phenoxy) is 2. The molecule has 0 saturated heterocycles. The van der Waals surface area contributed by atoms with E-state index in [2.05, 4.69) is 26.6 Å². The van der Waals surface area contributed by atoms with Gasteiger partial charge in [0.15, 0.2) is 0 Å². The Bertz CT molecular complexity index is 1470. The quantitative estimate of drug-likeness (QED) is 0.265. The second-order valence-electron chi connectivity index (χ2n) is 7.12. The van der Waals surface area contributed by atoms with E-state index in [4.69, 9.17) is 9.47 Å². The lowest BCUT2D eigenvalue weighted by Gasteiger charge is -2.14. The molecule has 1 heterocycles. The Morgan fingerprint density at radius 1 is 0.656 bits per heavy atom. The fourth-order valence-electron chi connectivity index (χ4n) is 4.08. The Hall–Kier alpha value is -3.90. The maximum absolute atomic E-state index is 11.3. The monoisotopic (exact) mass is 485 g/mol. The predicted molar refractivity (Wildman–Crippen MR) is 127 cm³/mol. The average Bonchev–Trinajstić information content (AvgIpc) is 3.14. The molecule has 5 rings (SSSR count). The van der Waals surface area contributed by atoms with Crippen LogP contribution in [0.25, 0.3) is 38.6 Å². The van der Waals surface area contributed by atoms with Crippen molar-refractivity contribution in [3.8, 4) is 28.3 Å². The number of carbonyl (C=O) groups is 2. The number of halogens is 1. The third-order valence-electron chi connectivity index (χ3n) is 5.37. The number of hydrogen-bond donors (Lipinski definition) is 0. The summed E-state index contributed by atoms with van der Waals surface area (Å²) in [7, 11) is 0. The number of fused-ring (bicyclic) bond motifs is 3. The number of para-hydroxylation sites is 2. The van der Waals surface area contributed by atoms with Gasteiger partial charge in [0, 0.05) is 32.1 Å². The van der Waals surface area contributed by atoms with Crippen LogP contribution in [0.5, 0.6) is 11.5 Å². The van der Waals surface area contributed by atoms with E-state index in [-0.39, 0.29) is 0 Å². The first-order valence-corrected chi connectivity index (χ1v) is 10.6. The van der Waals surface area contributed by atoms with Crippen molar-refractivity contribution in [2.45, 2.75) is 0 Å². The lowest BCUT2D eigenvalue weighted by Crippen LogP contribution is -1.97. The van der Waals surface area contributed by atoms with Crippen LogP contribution in [-0.2, 0) is 9.59 Å². The molecule has 0 bridgehead atoms. The van der Waals surface area contributed by atoms with Gasteiger partial charge < -0.3 is 14.0 Å². The van der Waals surface area contributed by atoms with Crippen LogP contribution in [0.3, 0.4) is 0 Å². The predicted octanol–water partition coefficient (Wildman–Crippen LogP) is 6.28. The SMILES string of the molecule is O=COc1ccc(Br)cc1-c1cc2c(cc1OC=O)c1ccccc1n2-c1ccccc1. The first-order valence-electron chi connectivity index (χ1n) is 9.84. The van der Waals surface area contributed by atoms with Crippen LogP contribution in [0.4, 0.5) is 0 Å². The van der Waals surface area contributed by atoms with Gasteiger partial charge in [-0.3, -0.25) is 9.59 Å². The lowest BCUT2D eigenvalue weighted by atomic mass is 10.0. The maximum atomic E-state index is 11.3. The fraction of sp³-hybridized carbons (Fsp3) is 0. The number of rotatable bonds is 6. The van der Waals surface area contributed by atoms with Crippen molar-refractivity contribution < 1.29 is 19.1 Å². The molecule has 0 aliphatic heterocycles. The van der Waals surface area contributed by atoms with Crippen LogP contribution in [0, 0.1) is 0 Å². The zero-order valence-electron chi connectivity index (χ0n) is 16.7. The van der Waals surface area contributed by atoms with Gasteiger partial charge in [-0.1, -0.05) is 52.3 Å². The molecular formula is C26H16BrNO4. The molecule has 0 atom stereocenters. The van der Waals surface area contributed by atoms with E-state index in [1.54, 1.807) is 12.1 Å². The molecule has 5 nitrogen and oxygen atoms in total. The summed E-state index contributed by atoms with van der Waals surface area (Å²) in [5.41, 5.74) is 4.22. The second kappa shape index (κ2) is 8.32. The summed E-state index contributed by atoms with van der Waals surface area (Å²) >= 11 is 3.48. The fourth-order valence-corrected chi connectivity index (χ4v) is 4.44. The number of aromatic nitrogens is 1. The molecule has 0 spiro atoms. The molecule has 0 amide bonds. The molecule has 0 fully saturated rings. The second-order valence-corrected chi connectivity index (χ2v) is 8.04. The molecule has 1 aromatic heterocycles. The normalized spacial score (nSPS) is 10.9. The van der Waals surface area contributed by atoms with Gasteiger partial charge in [-0.05, 0) is 48.5 Å². The third kappa shape index (κ3) is 3.35. The summed E-state index contributed by atoms with van der Waals surface area (Å²) in [5, 5.41) is 1.98. The summed E-state index contributed by atoms with van der Waals surface area (Å²) in [6, 6.07) is 27.2. The van der Waals surface area contributed by atoms with Crippen LogP contribution in [0.15, 0.2) is 89.4 Å². The number of carbonyl (C=O) groups excluding carboxylic acids is 2. The summed E-state index contributed by atoms with van der Waals surface area (Å²) in [5.74, 6) is 0.734. The molecule has 0 N–H and O–H groups in total. The van der Waals surface area contributed by atoms with Crippen LogP contribution in [-0.4, -0.2) is 17.5 Å². The van der Waals surface area contributed by atoms with E-state index in [1.807, 2.05) is 66.7 Å². The van der Waals surface area contributed by atoms with Gasteiger partial charge in [0.1, 0.15) is 11.5 Å². The van der Waals surface area contributed by atoms with Crippen molar-refractivity contribution in [1.82, 2.24) is 4.57 Å². The number of benzene rings is 4. The molecule has 0 radical (unpaired) electrons.